The summed E-state index contributed by atoms with van der Waals surface area (Å²) >= 11 is 4.67. The first-order chi connectivity index (χ1) is 23.8. The van der Waals surface area contributed by atoms with Gasteiger partial charge in [-0.2, -0.15) is 12.6 Å². The Morgan fingerprint density at radius 2 is 1.82 bits per heavy atom. The molecule has 3 aliphatic rings. The molecular formula is C38H52N4O6S. The van der Waals surface area contributed by atoms with Crippen LogP contribution >= 0.6 is 12.6 Å². The molecule has 2 aliphatic heterocycles. The largest absolute Gasteiger partial charge is 0.494 e. The van der Waals surface area contributed by atoms with Gasteiger partial charge in [0.25, 0.3) is 0 Å². The van der Waals surface area contributed by atoms with Crippen molar-refractivity contribution in [1.29, 1.82) is 0 Å². The van der Waals surface area contributed by atoms with Crippen LogP contribution in [-0.4, -0.2) is 78.8 Å². The van der Waals surface area contributed by atoms with Crippen LogP contribution in [0.25, 0.3) is 0 Å². The second kappa shape index (κ2) is 18.4. The van der Waals surface area contributed by atoms with Gasteiger partial charge in [0, 0.05) is 32.7 Å². The fourth-order valence-corrected chi connectivity index (χ4v) is 7.39. The molecule has 5 rings (SSSR count). The van der Waals surface area contributed by atoms with Crippen molar-refractivity contribution < 1.29 is 28.7 Å². The Morgan fingerprint density at radius 1 is 1.02 bits per heavy atom. The summed E-state index contributed by atoms with van der Waals surface area (Å²) in [6.07, 6.45) is 8.19. The summed E-state index contributed by atoms with van der Waals surface area (Å²) in [7, 11) is 0. The zero-order valence-electron chi connectivity index (χ0n) is 28.7. The van der Waals surface area contributed by atoms with Gasteiger partial charge in [-0.15, -0.1) is 0 Å². The molecule has 1 saturated heterocycles. The Labute approximate surface area is 295 Å². The molecule has 1 aliphatic carbocycles. The van der Waals surface area contributed by atoms with Crippen LogP contribution in [0.15, 0.2) is 48.5 Å². The highest BCUT2D eigenvalue weighted by atomic mass is 32.1. The van der Waals surface area contributed by atoms with Gasteiger partial charge < -0.3 is 30.3 Å². The number of thiol groups is 1. The lowest BCUT2D eigenvalue weighted by Crippen LogP contribution is -2.60. The summed E-state index contributed by atoms with van der Waals surface area (Å²) < 4.78 is 11.9. The van der Waals surface area contributed by atoms with Crippen molar-refractivity contribution >= 4 is 36.3 Å². The van der Waals surface area contributed by atoms with E-state index in [4.69, 9.17) is 9.47 Å². The summed E-state index contributed by atoms with van der Waals surface area (Å²) in [5, 5.41) is 7.53. The van der Waals surface area contributed by atoms with E-state index in [1.54, 1.807) is 4.90 Å². The molecule has 0 spiro atoms. The van der Waals surface area contributed by atoms with Gasteiger partial charge in [-0.1, -0.05) is 49.2 Å². The molecule has 4 bridgehead atoms. The van der Waals surface area contributed by atoms with Crippen molar-refractivity contribution in [2.45, 2.75) is 95.0 Å². The average Bonchev–Trinajstić information content (AvgIpc) is 3.64. The Kier molecular flexibility index (Phi) is 13.8. The van der Waals surface area contributed by atoms with Crippen molar-refractivity contribution in [2.24, 2.45) is 11.8 Å². The molecule has 11 heteroatoms. The summed E-state index contributed by atoms with van der Waals surface area (Å²) in [6.45, 7) is 4.66. The van der Waals surface area contributed by atoms with E-state index in [0.717, 1.165) is 54.5 Å². The van der Waals surface area contributed by atoms with E-state index in [0.29, 0.717) is 45.1 Å². The molecule has 49 heavy (non-hydrogen) atoms. The fourth-order valence-electron chi connectivity index (χ4n) is 7.02. The lowest BCUT2D eigenvalue weighted by Gasteiger charge is -2.36. The van der Waals surface area contributed by atoms with Crippen LogP contribution in [-0.2, 0) is 36.9 Å². The van der Waals surface area contributed by atoms with Gasteiger partial charge in [-0.3, -0.25) is 19.2 Å². The highest BCUT2D eigenvalue weighted by Gasteiger charge is 2.38. The standard InChI is InChI=1S/C38H52N4O6S/c1-26-13-15-31-22-30(26)23-39-36(44)32(16-14-27-8-3-2-4-9-27)40-37(45)34(41-33(43)18-20-47-25-29-10-5-6-11-29)35(49)38(46)42-19-7-12-28(24-42)17-21-48-31/h2-4,8-9,13,15,22,28-29,32,34-35,49H,5-7,10-12,14,16-21,23-25H2,1H3,(H,39,44)(H,40,45)(H,41,43)/t28?,32-,34-,35?/m0/s1. The summed E-state index contributed by atoms with van der Waals surface area (Å²) in [4.78, 5) is 56.6. The lowest BCUT2D eigenvalue weighted by molar-refractivity contribution is -0.137. The molecule has 3 N–H and O–H groups in total. The topological polar surface area (TPSA) is 126 Å². The van der Waals surface area contributed by atoms with Crippen LogP contribution in [0.5, 0.6) is 5.75 Å². The van der Waals surface area contributed by atoms with Gasteiger partial charge >= 0.3 is 0 Å². The molecule has 4 atom stereocenters. The predicted octanol–water partition coefficient (Wildman–Crippen LogP) is 4.13. The van der Waals surface area contributed by atoms with Crippen LogP contribution in [0.4, 0.5) is 0 Å². The third kappa shape index (κ3) is 11.0. The first kappa shape index (κ1) is 36.7. The van der Waals surface area contributed by atoms with E-state index in [-0.39, 0.29) is 37.3 Å². The SMILES string of the molecule is Cc1ccc2cc1CNC(=O)[C@H](CCc1ccccc1)NC(=O)[C@@H](NC(=O)CCOCC1CCCC1)C(S)C(=O)N1CCCC(CCO2)C1. The van der Waals surface area contributed by atoms with E-state index in [1.165, 1.54) is 12.8 Å². The van der Waals surface area contributed by atoms with Gasteiger partial charge in [0.15, 0.2) is 0 Å². The second-order valence-electron chi connectivity index (χ2n) is 13.8. The molecule has 0 radical (unpaired) electrons. The molecule has 10 nitrogen and oxygen atoms in total. The van der Waals surface area contributed by atoms with Gasteiger partial charge in [-0.05, 0) is 92.5 Å². The summed E-state index contributed by atoms with van der Waals surface area (Å²) in [5.74, 6) is -0.210. The Morgan fingerprint density at radius 3 is 2.61 bits per heavy atom. The Bertz CT molecular complexity index is 1420. The molecule has 1 saturated carbocycles. The lowest BCUT2D eigenvalue weighted by atomic mass is 9.94. The molecule has 4 amide bonds. The van der Waals surface area contributed by atoms with Gasteiger partial charge in [-0.25, -0.2) is 0 Å². The molecule has 0 aromatic heterocycles. The molecule has 2 fully saturated rings. The number of carbonyl (C=O) groups excluding carboxylic acids is 4. The Balaban J connectivity index is 1.35. The summed E-state index contributed by atoms with van der Waals surface area (Å²) in [6, 6.07) is 13.4. The normalized spacial score (nSPS) is 24.3. The molecule has 2 aromatic rings. The van der Waals surface area contributed by atoms with Gasteiger partial charge in [0.1, 0.15) is 23.1 Å². The minimum Gasteiger partial charge on any atom is -0.494 e. The Hall–Kier alpha value is -3.57. The van der Waals surface area contributed by atoms with Crippen molar-refractivity contribution in [2.75, 3.05) is 32.9 Å². The molecule has 2 aromatic carbocycles. The number of ether oxygens (including phenoxy) is 2. The van der Waals surface area contributed by atoms with Crippen LogP contribution in [0, 0.1) is 18.8 Å². The second-order valence-corrected chi connectivity index (χ2v) is 14.3. The van der Waals surface area contributed by atoms with Crippen LogP contribution < -0.4 is 20.7 Å². The zero-order chi connectivity index (χ0) is 34.6. The number of aryl methyl sites for hydroxylation is 2. The average molecular weight is 693 g/mol. The first-order valence-electron chi connectivity index (χ1n) is 17.9. The number of nitrogens with zero attached hydrogens (tertiary/aromatic N) is 1. The van der Waals surface area contributed by atoms with Gasteiger partial charge in [0.05, 0.1) is 13.2 Å². The number of benzene rings is 2. The molecule has 2 unspecified atom stereocenters. The summed E-state index contributed by atoms with van der Waals surface area (Å²) in [5.41, 5.74) is 2.96. The van der Waals surface area contributed by atoms with E-state index in [1.807, 2.05) is 55.5 Å². The highest BCUT2D eigenvalue weighted by molar-refractivity contribution is 7.82. The van der Waals surface area contributed by atoms with Crippen molar-refractivity contribution in [1.82, 2.24) is 20.9 Å². The maximum Gasteiger partial charge on any atom is 0.244 e. The number of piperidine rings is 1. The maximum absolute atomic E-state index is 14.1. The number of nitrogens with one attached hydrogen (secondary N) is 3. The molecule has 2 heterocycles. The predicted molar refractivity (Wildman–Crippen MR) is 191 cm³/mol. The van der Waals surface area contributed by atoms with Crippen LogP contribution in [0.1, 0.15) is 74.5 Å². The minimum atomic E-state index is -1.29. The van der Waals surface area contributed by atoms with Crippen LogP contribution in [0.2, 0.25) is 0 Å². The van der Waals surface area contributed by atoms with E-state index < -0.39 is 29.1 Å². The van der Waals surface area contributed by atoms with Crippen LogP contribution in [0.3, 0.4) is 0 Å². The first-order valence-corrected chi connectivity index (χ1v) is 18.5. The molecular weight excluding hydrogens is 641 g/mol. The van der Waals surface area contributed by atoms with Gasteiger partial charge in [0.2, 0.25) is 23.6 Å². The monoisotopic (exact) mass is 692 g/mol. The quantitative estimate of drug-likeness (QED) is 0.232. The fraction of sp³-hybridized carbons (Fsp3) is 0.579. The third-order valence-electron chi connectivity index (χ3n) is 10.1. The third-order valence-corrected chi connectivity index (χ3v) is 10.6. The van der Waals surface area contributed by atoms with Crippen molar-refractivity contribution in [3.63, 3.8) is 0 Å². The number of rotatable bonds is 9. The number of carbonyl (C=O) groups is 4. The minimum absolute atomic E-state index is 0.0489. The maximum atomic E-state index is 14.1. The number of hydrogen-bond acceptors (Lipinski definition) is 7. The zero-order valence-corrected chi connectivity index (χ0v) is 29.6. The van der Waals surface area contributed by atoms with Crippen molar-refractivity contribution in [3.8, 4) is 5.75 Å². The van der Waals surface area contributed by atoms with E-state index in [2.05, 4.69) is 28.6 Å². The number of amides is 4. The molecule has 266 valence electrons. The number of hydrogen-bond donors (Lipinski definition) is 4. The van der Waals surface area contributed by atoms with E-state index in [9.17, 15) is 19.2 Å². The highest BCUT2D eigenvalue weighted by Crippen LogP contribution is 2.25. The smallest absolute Gasteiger partial charge is 0.244 e. The van der Waals surface area contributed by atoms with E-state index >= 15 is 0 Å². The van der Waals surface area contributed by atoms with Crippen molar-refractivity contribution in [3.05, 3.63) is 65.2 Å². The number of fused-ring (bicyclic) bond motifs is 4.